The van der Waals surface area contributed by atoms with E-state index < -0.39 is 0 Å². The molecular formula is C11H22N2O2. The lowest BCUT2D eigenvalue weighted by molar-refractivity contribution is -0.137. The molecule has 1 aliphatic rings. The molecule has 1 atom stereocenters. The highest BCUT2D eigenvalue weighted by molar-refractivity contribution is 5.82. The number of amides is 1. The molecule has 2 N–H and O–H groups in total. The van der Waals surface area contributed by atoms with Crippen LogP contribution in [0.15, 0.2) is 0 Å². The van der Waals surface area contributed by atoms with Crippen LogP contribution in [0.5, 0.6) is 0 Å². The normalized spacial score (nSPS) is 26.8. The molecule has 0 bridgehead atoms. The maximum atomic E-state index is 11.7. The SMILES string of the molecule is CC(C)N1C(CCO)C(=O)NCC1(C)C. The summed E-state index contributed by atoms with van der Waals surface area (Å²) in [5.74, 6) is 0.0390. The van der Waals surface area contributed by atoms with Crippen molar-refractivity contribution in [2.24, 2.45) is 0 Å². The third-order valence-corrected chi connectivity index (χ3v) is 2.99. The van der Waals surface area contributed by atoms with Gasteiger partial charge in [0.15, 0.2) is 0 Å². The van der Waals surface area contributed by atoms with Gasteiger partial charge >= 0.3 is 0 Å². The largest absolute Gasteiger partial charge is 0.396 e. The number of carbonyl (C=O) groups excluding carboxylic acids is 1. The van der Waals surface area contributed by atoms with Gasteiger partial charge in [-0.2, -0.15) is 0 Å². The lowest BCUT2D eigenvalue weighted by Crippen LogP contribution is -2.67. The van der Waals surface area contributed by atoms with Crippen LogP contribution in [0.25, 0.3) is 0 Å². The molecule has 88 valence electrons. The standard InChI is InChI=1S/C11H22N2O2/c1-8(2)13-9(5-6-14)10(15)12-7-11(13,3)4/h8-9,14H,5-7H2,1-4H3,(H,12,15). The van der Waals surface area contributed by atoms with Crippen LogP contribution >= 0.6 is 0 Å². The van der Waals surface area contributed by atoms with Crippen molar-refractivity contribution in [1.29, 1.82) is 0 Å². The predicted octanol–water partition coefficient (Wildman–Crippen LogP) is 0.356. The highest BCUT2D eigenvalue weighted by atomic mass is 16.3. The van der Waals surface area contributed by atoms with Crippen LogP contribution in [0.4, 0.5) is 0 Å². The van der Waals surface area contributed by atoms with E-state index in [1.54, 1.807) is 0 Å². The van der Waals surface area contributed by atoms with Gasteiger partial charge in [0.2, 0.25) is 5.91 Å². The zero-order chi connectivity index (χ0) is 11.6. The Labute approximate surface area is 91.6 Å². The van der Waals surface area contributed by atoms with E-state index >= 15 is 0 Å². The number of rotatable bonds is 3. The molecule has 0 saturated carbocycles. The summed E-state index contributed by atoms with van der Waals surface area (Å²) in [7, 11) is 0. The van der Waals surface area contributed by atoms with Crippen LogP contribution in [-0.4, -0.2) is 46.7 Å². The minimum absolute atomic E-state index is 0.0390. The molecule has 1 rings (SSSR count). The first-order valence-corrected chi connectivity index (χ1v) is 5.57. The molecule has 0 aromatic carbocycles. The molecule has 4 heteroatoms. The summed E-state index contributed by atoms with van der Waals surface area (Å²) in [6.07, 6.45) is 0.507. The first kappa shape index (κ1) is 12.5. The van der Waals surface area contributed by atoms with Crippen molar-refractivity contribution in [2.75, 3.05) is 13.2 Å². The van der Waals surface area contributed by atoms with E-state index in [2.05, 4.69) is 37.9 Å². The summed E-state index contributed by atoms with van der Waals surface area (Å²) in [6.45, 7) is 9.15. The monoisotopic (exact) mass is 214 g/mol. The number of aliphatic hydroxyl groups is 1. The Morgan fingerprint density at radius 1 is 1.60 bits per heavy atom. The van der Waals surface area contributed by atoms with Gasteiger partial charge in [-0.05, 0) is 34.1 Å². The van der Waals surface area contributed by atoms with Crippen molar-refractivity contribution in [3.63, 3.8) is 0 Å². The Morgan fingerprint density at radius 2 is 2.20 bits per heavy atom. The molecule has 0 aliphatic carbocycles. The number of hydrogen-bond donors (Lipinski definition) is 2. The minimum atomic E-state index is -0.196. The van der Waals surface area contributed by atoms with Gasteiger partial charge < -0.3 is 10.4 Å². The van der Waals surface area contributed by atoms with E-state index in [0.717, 1.165) is 0 Å². The number of aliphatic hydroxyl groups excluding tert-OH is 1. The Balaban J connectivity index is 2.90. The maximum Gasteiger partial charge on any atom is 0.237 e. The van der Waals surface area contributed by atoms with Crippen LogP contribution < -0.4 is 5.32 Å². The summed E-state index contributed by atoms with van der Waals surface area (Å²) >= 11 is 0. The summed E-state index contributed by atoms with van der Waals surface area (Å²) in [4.78, 5) is 13.9. The van der Waals surface area contributed by atoms with Crippen molar-refractivity contribution < 1.29 is 9.90 Å². The van der Waals surface area contributed by atoms with Crippen LogP contribution in [-0.2, 0) is 4.79 Å². The Kier molecular flexibility index (Phi) is 3.73. The molecule has 1 fully saturated rings. The number of piperazine rings is 1. The van der Waals surface area contributed by atoms with Crippen LogP contribution in [0.3, 0.4) is 0 Å². The molecule has 1 aliphatic heterocycles. The predicted molar refractivity (Wildman–Crippen MR) is 59.6 cm³/mol. The lowest BCUT2D eigenvalue weighted by Gasteiger charge is -2.49. The molecule has 0 spiro atoms. The molecule has 15 heavy (non-hydrogen) atoms. The zero-order valence-corrected chi connectivity index (χ0v) is 10.1. The second kappa shape index (κ2) is 4.49. The summed E-state index contributed by atoms with van der Waals surface area (Å²) in [5, 5.41) is 11.9. The molecule has 0 aromatic heterocycles. The van der Waals surface area contributed by atoms with E-state index in [4.69, 9.17) is 5.11 Å². The van der Waals surface area contributed by atoms with Gasteiger partial charge in [-0.25, -0.2) is 0 Å². The van der Waals surface area contributed by atoms with Crippen molar-refractivity contribution in [1.82, 2.24) is 10.2 Å². The molecule has 1 unspecified atom stereocenters. The van der Waals surface area contributed by atoms with Crippen molar-refractivity contribution in [3.8, 4) is 0 Å². The van der Waals surface area contributed by atoms with Crippen molar-refractivity contribution in [2.45, 2.75) is 51.7 Å². The number of hydrogen-bond acceptors (Lipinski definition) is 3. The van der Waals surface area contributed by atoms with E-state index in [-0.39, 0.29) is 24.1 Å². The number of nitrogens with zero attached hydrogens (tertiary/aromatic N) is 1. The lowest BCUT2D eigenvalue weighted by atomic mass is 9.92. The van der Waals surface area contributed by atoms with E-state index in [1.807, 2.05) is 0 Å². The third kappa shape index (κ3) is 2.49. The molecule has 1 amide bonds. The molecule has 0 radical (unpaired) electrons. The fourth-order valence-electron chi connectivity index (χ4n) is 2.51. The third-order valence-electron chi connectivity index (χ3n) is 2.99. The number of nitrogens with one attached hydrogen (secondary N) is 1. The van der Waals surface area contributed by atoms with Crippen LogP contribution in [0, 0.1) is 0 Å². The second-order valence-electron chi connectivity index (χ2n) is 5.06. The fourth-order valence-corrected chi connectivity index (χ4v) is 2.51. The molecule has 1 saturated heterocycles. The highest BCUT2D eigenvalue weighted by Crippen LogP contribution is 2.25. The van der Waals surface area contributed by atoms with Gasteiger partial charge in [0.05, 0.1) is 6.04 Å². The molecule has 4 nitrogen and oxygen atoms in total. The Hall–Kier alpha value is -0.610. The van der Waals surface area contributed by atoms with Crippen LogP contribution in [0.1, 0.15) is 34.1 Å². The van der Waals surface area contributed by atoms with E-state index in [1.165, 1.54) is 0 Å². The van der Waals surface area contributed by atoms with Gasteiger partial charge in [0, 0.05) is 24.7 Å². The first-order valence-electron chi connectivity index (χ1n) is 5.57. The molecular weight excluding hydrogens is 192 g/mol. The minimum Gasteiger partial charge on any atom is -0.396 e. The Bertz CT molecular complexity index is 239. The summed E-state index contributed by atoms with van der Waals surface area (Å²) < 4.78 is 0. The average Bonchev–Trinajstić information content (AvgIpc) is 2.11. The second-order valence-corrected chi connectivity index (χ2v) is 5.06. The maximum absolute atomic E-state index is 11.7. The van der Waals surface area contributed by atoms with Crippen molar-refractivity contribution in [3.05, 3.63) is 0 Å². The van der Waals surface area contributed by atoms with E-state index in [9.17, 15) is 4.79 Å². The van der Waals surface area contributed by atoms with Gasteiger partial charge in [0.1, 0.15) is 0 Å². The average molecular weight is 214 g/mol. The van der Waals surface area contributed by atoms with E-state index in [0.29, 0.717) is 19.0 Å². The fraction of sp³-hybridized carbons (Fsp3) is 0.909. The zero-order valence-electron chi connectivity index (χ0n) is 10.1. The van der Waals surface area contributed by atoms with Gasteiger partial charge in [-0.15, -0.1) is 0 Å². The van der Waals surface area contributed by atoms with Gasteiger partial charge in [-0.1, -0.05) is 0 Å². The molecule has 0 aromatic rings. The van der Waals surface area contributed by atoms with Gasteiger partial charge in [-0.3, -0.25) is 9.69 Å². The quantitative estimate of drug-likeness (QED) is 0.713. The molecule has 1 heterocycles. The van der Waals surface area contributed by atoms with Crippen molar-refractivity contribution >= 4 is 5.91 Å². The van der Waals surface area contributed by atoms with Gasteiger partial charge in [0.25, 0.3) is 0 Å². The number of carbonyl (C=O) groups is 1. The van der Waals surface area contributed by atoms with Crippen LogP contribution in [0.2, 0.25) is 0 Å². The summed E-state index contributed by atoms with van der Waals surface area (Å²) in [6, 6.07) is 0.112. The Morgan fingerprint density at radius 3 is 2.67 bits per heavy atom. The summed E-state index contributed by atoms with van der Waals surface area (Å²) in [5.41, 5.74) is -0.0398. The smallest absolute Gasteiger partial charge is 0.237 e. The first-order chi connectivity index (χ1) is 6.90. The topological polar surface area (TPSA) is 52.6 Å². The highest BCUT2D eigenvalue weighted by Gasteiger charge is 2.41.